The van der Waals surface area contributed by atoms with E-state index in [0.29, 0.717) is 6.04 Å². The predicted octanol–water partition coefficient (Wildman–Crippen LogP) is 1.28. The first-order chi connectivity index (χ1) is 8.66. The molecule has 98 valence electrons. The smallest absolute Gasteiger partial charge is 0.216 e. The zero-order valence-electron chi connectivity index (χ0n) is 11.0. The molecule has 1 amide bonds. The van der Waals surface area contributed by atoms with Crippen molar-refractivity contribution in [2.75, 3.05) is 18.0 Å². The molecule has 5 heteroatoms. The van der Waals surface area contributed by atoms with Crippen LogP contribution in [0.2, 0.25) is 0 Å². The molecule has 5 nitrogen and oxygen atoms in total. The lowest BCUT2D eigenvalue weighted by molar-refractivity contribution is -0.118. The monoisotopic (exact) mass is 248 g/mol. The fraction of sp³-hybridized carbons (Fsp3) is 0.615. The normalized spacial score (nSPS) is 19.0. The first kappa shape index (κ1) is 12.8. The van der Waals surface area contributed by atoms with Gasteiger partial charge in [-0.15, -0.1) is 0 Å². The lowest BCUT2D eigenvalue weighted by Crippen LogP contribution is -2.34. The van der Waals surface area contributed by atoms with Crippen LogP contribution in [0.15, 0.2) is 12.4 Å². The van der Waals surface area contributed by atoms with Crippen molar-refractivity contribution in [2.24, 2.45) is 0 Å². The standard InChI is InChI=1S/C13H20N4O/c1-10-8-13(16-9-15-10)17-7-3-4-12(17)5-6-14-11(2)18/h8-9,12H,3-7H2,1-2H3,(H,14,18)/t12-/m0/s1. The van der Waals surface area contributed by atoms with Crippen molar-refractivity contribution >= 4 is 11.7 Å². The summed E-state index contributed by atoms with van der Waals surface area (Å²) in [4.78, 5) is 21.7. The molecule has 18 heavy (non-hydrogen) atoms. The minimum absolute atomic E-state index is 0.0393. The Bertz CT molecular complexity index is 421. The summed E-state index contributed by atoms with van der Waals surface area (Å²) in [6.07, 6.45) is 4.95. The summed E-state index contributed by atoms with van der Waals surface area (Å²) in [5, 5.41) is 2.86. The number of carbonyl (C=O) groups excluding carboxylic acids is 1. The van der Waals surface area contributed by atoms with Crippen LogP contribution in [0.1, 0.15) is 31.9 Å². The SMILES string of the molecule is CC(=O)NCC[C@@H]1CCCN1c1cc(C)ncn1. The third-order valence-corrected chi connectivity index (χ3v) is 3.31. The molecule has 1 fully saturated rings. The van der Waals surface area contributed by atoms with Gasteiger partial charge < -0.3 is 10.2 Å². The van der Waals surface area contributed by atoms with Crippen molar-refractivity contribution in [1.29, 1.82) is 0 Å². The maximum Gasteiger partial charge on any atom is 0.216 e. The average molecular weight is 248 g/mol. The van der Waals surface area contributed by atoms with Crippen LogP contribution in [0.5, 0.6) is 0 Å². The van der Waals surface area contributed by atoms with Crippen LogP contribution >= 0.6 is 0 Å². The highest BCUT2D eigenvalue weighted by Crippen LogP contribution is 2.25. The van der Waals surface area contributed by atoms with Gasteiger partial charge in [-0.3, -0.25) is 4.79 Å². The number of amides is 1. The minimum atomic E-state index is 0.0393. The van der Waals surface area contributed by atoms with E-state index in [-0.39, 0.29) is 5.91 Å². The molecule has 1 aliphatic heterocycles. The fourth-order valence-electron chi connectivity index (χ4n) is 2.45. The van der Waals surface area contributed by atoms with Crippen molar-refractivity contribution in [1.82, 2.24) is 15.3 Å². The molecule has 1 aromatic rings. The molecule has 0 unspecified atom stereocenters. The third-order valence-electron chi connectivity index (χ3n) is 3.31. The molecule has 2 rings (SSSR count). The summed E-state index contributed by atoms with van der Waals surface area (Å²) < 4.78 is 0. The topological polar surface area (TPSA) is 58.1 Å². The molecular formula is C13H20N4O. The first-order valence-electron chi connectivity index (χ1n) is 6.46. The number of rotatable bonds is 4. The lowest BCUT2D eigenvalue weighted by Gasteiger charge is -2.25. The van der Waals surface area contributed by atoms with Gasteiger partial charge in [-0.2, -0.15) is 0 Å². The molecule has 0 radical (unpaired) electrons. The Morgan fingerprint density at radius 1 is 1.56 bits per heavy atom. The summed E-state index contributed by atoms with van der Waals surface area (Å²) in [6.45, 7) is 5.31. The quantitative estimate of drug-likeness (QED) is 0.872. The van der Waals surface area contributed by atoms with Crippen LogP contribution in [0.4, 0.5) is 5.82 Å². The molecule has 1 aromatic heterocycles. The van der Waals surface area contributed by atoms with Crippen molar-refractivity contribution in [2.45, 2.75) is 39.2 Å². The van der Waals surface area contributed by atoms with Crippen molar-refractivity contribution < 1.29 is 4.79 Å². The molecule has 0 bridgehead atoms. The van der Waals surface area contributed by atoms with Crippen LogP contribution in [-0.4, -0.2) is 35.0 Å². The summed E-state index contributed by atoms with van der Waals surface area (Å²) in [6, 6.07) is 2.50. The van der Waals surface area contributed by atoms with E-state index in [9.17, 15) is 4.79 Å². The highest BCUT2D eigenvalue weighted by molar-refractivity contribution is 5.72. The number of aryl methyl sites for hydroxylation is 1. The van der Waals surface area contributed by atoms with Gasteiger partial charge in [0.15, 0.2) is 0 Å². The first-order valence-corrected chi connectivity index (χ1v) is 6.46. The van der Waals surface area contributed by atoms with Crippen LogP contribution in [0, 0.1) is 6.92 Å². The Labute approximate surface area is 108 Å². The molecule has 1 N–H and O–H groups in total. The molecular weight excluding hydrogens is 228 g/mol. The van der Waals surface area contributed by atoms with E-state index >= 15 is 0 Å². The molecule has 2 heterocycles. The molecule has 0 aromatic carbocycles. The molecule has 0 spiro atoms. The molecule has 1 atom stereocenters. The zero-order valence-corrected chi connectivity index (χ0v) is 11.0. The van der Waals surface area contributed by atoms with Gasteiger partial charge in [0.05, 0.1) is 0 Å². The molecule has 0 saturated carbocycles. The van der Waals surface area contributed by atoms with Crippen molar-refractivity contribution in [3.05, 3.63) is 18.1 Å². The van der Waals surface area contributed by atoms with E-state index in [0.717, 1.165) is 31.0 Å². The Balaban J connectivity index is 1.97. The second-order valence-corrected chi connectivity index (χ2v) is 4.78. The second-order valence-electron chi connectivity index (χ2n) is 4.78. The Hall–Kier alpha value is -1.65. The number of carbonyl (C=O) groups is 1. The number of nitrogens with one attached hydrogen (secondary N) is 1. The van der Waals surface area contributed by atoms with E-state index in [2.05, 4.69) is 20.2 Å². The number of aromatic nitrogens is 2. The summed E-state index contributed by atoms with van der Waals surface area (Å²) in [7, 11) is 0. The number of nitrogens with zero attached hydrogens (tertiary/aromatic N) is 3. The number of anilines is 1. The van der Waals surface area contributed by atoms with Crippen LogP contribution < -0.4 is 10.2 Å². The maximum atomic E-state index is 10.9. The molecule has 0 aliphatic carbocycles. The predicted molar refractivity (Wildman–Crippen MR) is 70.4 cm³/mol. The van der Waals surface area contributed by atoms with Gasteiger partial charge in [0.1, 0.15) is 12.1 Å². The van der Waals surface area contributed by atoms with Crippen molar-refractivity contribution in [3.8, 4) is 0 Å². The maximum absolute atomic E-state index is 10.9. The third kappa shape index (κ3) is 3.18. The van der Waals surface area contributed by atoms with Crippen molar-refractivity contribution in [3.63, 3.8) is 0 Å². The van der Waals surface area contributed by atoms with Crippen LogP contribution in [0.25, 0.3) is 0 Å². The van der Waals surface area contributed by atoms with E-state index in [1.165, 1.54) is 12.8 Å². The van der Waals surface area contributed by atoms with E-state index in [1.807, 2.05) is 13.0 Å². The van der Waals surface area contributed by atoms with Crippen LogP contribution in [0.3, 0.4) is 0 Å². The van der Waals surface area contributed by atoms with Gasteiger partial charge in [0.2, 0.25) is 5.91 Å². The van der Waals surface area contributed by atoms with Gasteiger partial charge in [-0.1, -0.05) is 0 Å². The van der Waals surface area contributed by atoms with Crippen LogP contribution in [-0.2, 0) is 4.79 Å². The van der Waals surface area contributed by atoms with Gasteiger partial charge in [-0.25, -0.2) is 9.97 Å². The summed E-state index contributed by atoms with van der Waals surface area (Å²) in [5.41, 5.74) is 0.993. The Kier molecular flexibility index (Phi) is 4.12. The number of hydrogen-bond donors (Lipinski definition) is 1. The second kappa shape index (κ2) is 5.80. The largest absolute Gasteiger partial charge is 0.356 e. The van der Waals surface area contributed by atoms with E-state index in [1.54, 1.807) is 13.3 Å². The number of hydrogen-bond acceptors (Lipinski definition) is 4. The Morgan fingerprint density at radius 2 is 2.39 bits per heavy atom. The lowest BCUT2D eigenvalue weighted by atomic mass is 10.1. The zero-order chi connectivity index (χ0) is 13.0. The van der Waals surface area contributed by atoms with Gasteiger partial charge in [-0.05, 0) is 26.2 Å². The fourth-order valence-corrected chi connectivity index (χ4v) is 2.45. The highest BCUT2D eigenvalue weighted by atomic mass is 16.1. The van der Waals surface area contributed by atoms with Gasteiger partial charge in [0.25, 0.3) is 0 Å². The van der Waals surface area contributed by atoms with E-state index < -0.39 is 0 Å². The summed E-state index contributed by atoms with van der Waals surface area (Å²) >= 11 is 0. The molecule has 1 aliphatic rings. The average Bonchev–Trinajstić information content (AvgIpc) is 2.77. The molecule has 1 saturated heterocycles. The summed E-state index contributed by atoms with van der Waals surface area (Å²) in [5.74, 6) is 1.05. The Morgan fingerprint density at radius 3 is 3.11 bits per heavy atom. The highest BCUT2D eigenvalue weighted by Gasteiger charge is 2.25. The van der Waals surface area contributed by atoms with Gasteiger partial charge in [0, 0.05) is 37.8 Å². The van der Waals surface area contributed by atoms with E-state index in [4.69, 9.17) is 0 Å². The minimum Gasteiger partial charge on any atom is -0.356 e. The van der Waals surface area contributed by atoms with Gasteiger partial charge >= 0.3 is 0 Å².